The van der Waals surface area contributed by atoms with E-state index in [4.69, 9.17) is 0 Å². The molecule has 1 aromatic carbocycles. The molecule has 172 valence electrons. The van der Waals surface area contributed by atoms with Crippen LogP contribution in [-0.4, -0.2) is 42.4 Å². The maximum Gasteiger partial charge on any atom is 0.501 e. The third-order valence-electron chi connectivity index (χ3n) is 4.87. The smallest absolute Gasteiger partial charge is 0.381 e. The molecule has 0 bridgehead atoms. The minimum absolute atomic E-state index is 0.0485. The number of rotatable bonds is 6. The zero-order valence-electron chi connectivity index (χ0n) is 17.4. The lowest BCUT2D eigenvalue weighted by Gasteiger charge is -2.24. The highest BCUT2D eigenvalue weighted by atomic mass is 32.2. The Bertz CT molecular complexity index is 1150. The minimum Gasteiger partial charge on any atom is -0.381 e. The Balaban J connectivity index is 1.88. The predicted molar refractivity (Wildman–Crippen MR) is 111 cm³/mol. The number of halogens is 3. The standard InChI is InChI=1S/C20H21F3N4O4S/c1-12(2)25-16-11-24-9-8-13(16)10-19(3)17(28)27(18(29)26-19)14-4-6-15(7-5-14)32(30,31)20(21,22)23/h4-9,11-12,25H,10H2,1-3H3,(H,26,29). The molecule has 0 aliphatic carbocycles. The summed E-state index contributed by atoms with van der Waals surface area (Å²) < 4.78 is 61.3. The van der Waals surface area contributed by atoms with E-state index in [1.54, 1.807) is 18.5 Å². The molecule has 2 aromatic rings. The van der Waals surface area contributed by atoms with Gasteiger partial charge in [-0.3, -0.25) is 9.78 Å². The Labute approximate surface area is 182 Å². The molecule has 1 atom stereocenters. The van der Waals surface area contributed by atoms with Gasteiger partial charge >= 0.3 is 11.5 Å². The van der Waals surface area contributed by atoms with Crippen LogP contribution in [0.25, 0.3) is 0 Å². The van der Waals surface area contributed by atoms with Gasteiger partial charge in [-0.25, -0.2) is 18.1 Å². The Morgan fingerprint density at radius 1 is 1.16 bits per heavy atom. The monoisotopic (exact) mass is 470 g/mol. The highest BCUT2D eigenvalue weighted by Gasteiger charge is 2.49. The molecule has 0 spiro atoms. The maximum absolute atomic E-state index is 13.1. The summed E-state index contributed by atoms with van der Waals surface area (Å²) in [6.45, 7) is 5.41. The summed E-state index contributed by atoms with van der Waals surface area (Å²) in [7, 11) is -5.54. The first kappa shape index (κ1) is 23.5. The number of aromatic nitrogens is 1. The summed E-state index contributed by atoms with van der Waals surface area (Å²) in [6.07, 6.45) is 3.30. The molecule has 1 unspecified atom stereocenters. The number of pyridine rings is 1. The van der Waals surface area contributed by atoms with Gasteiger partial charge in [0.05, 0.1) is 22.5 Å². The quantitative estimate of drug-likeness (QED) is 0.628. The lowest BCUT2D eigenvalue weighted by Crippen LogP contribution is -2.46. The number of nitrogens with zero attached hydrogens (tertiary/aromatic N) is 2. The Morgan fingerprint density at radius 2 is 1.78 bits per heavy atom. The first-order valence-electron chi connectivity index (χ1n) is 9.54. The van der Waals surface area contributed by atoms with Gasteiger partial charge in [-0.1, -0.05) is 0 Å². The molecular formula is C20H21F3N4O4S. The second kappa shape index (κ2) is 8.08. The summed E-state index contributed by atoms with van der Waals surface area (Å²) >= 11 is 0. The van der Waals surface area contributed by atoms with Crippen LogP contribution in [0, 0.1) is 0 Å². The summed E-state index contributed by atoms with van der Waals surface area (Å²) in [5.41, 5.74) is -5.40. The fourth-order valence-electron chi connectivity index (χ4n) is 3.35. The maximum atomic E-state index is 13.1. The second-order valence-corrected chi connectivity index (χ2v) is 9.80. The third-order valence-corrected chi connectivity index (χ3v) is 6.37. The number of benzene rings is 1. The van der Waals surface area contributed by atoms with Gasteiger partial charge in [0.15, 0.2) is 0 Å². The average Bonchev–Trinajstić information content (AvgIpc) is 2.90. The number of imide groups is 1. The van der Waals surface area contributed by atoms with Gasteiger partial charge in [-0.2, -0.15) is 13.2 Å². The van der Waals surface area contributed by atoms with Crippen molar-refractivity contribution in [3.63, 3.8) is 0 Å². The minimum atomic E-state index is -5.54. The first-order chi connectivity index (χ1) is 14.8. The van der Waals surface area contributed by atoms with E-state index < -0.39 is 37.7 Å². The molecular weight excluding hydrogens is 449 g/mol. The number of carbonyl (C=O) groups is 2. The van der Waals surface area contributed by atoms with Crippen LogP contribution in [0.1, 0.15) is 26.3 Å². The molecule has 1 fully saturated rings. The third kappa shape index (κ3) is 4.27. The van der Waals surface area contributed by atoms with E-state index in [1.165, 1.54) is 6.92 Å². The van der Waals surface area contributed by atoms with Crippen molar-refractivity contribution >= 4 is 33.2 Å². The Hall–Kier alpha value is -3.15. The average molecular weight is 470 g/mol. The number of amides is 3. The lowest BCUT2D eigenvalue weighted by atomic mass is 9.92. The molecule has 3 rings (SSSR count). The summed E-state index contributed by atoms with van der Waals surface area (Å²) in [5.74, 6) is -0.624. The van der Waals surface area contributed by atoms with Crippen LogP contribution < -0.4 is 15.5 Å². The van der Waals surface area contributed by atoms with Crippen molar-refractivity contribution in [2.24, 2.45) is 0 Å². The zero-order chi connectivity index (χ0) is 23.9. The molecule has 2 heterocycles. The van der Waals surface area contributed by atoms with E-state index in [9.17, 15) is 31.2 Å². The molecule has 3 amide bonds. The van der Waals surface area contributed by atoms with Crippen molar-refractivity contribution in [2.45, 2.75) is 49.2 Å². The number of hydrogen-bond donors (Lipinski definition) is 2. The normalized spacial score (nSPS) is 19.4. The highest BCUT2D eigenvalue weighted by Crippen LogP contribution is 2.33. The summed E-state index contributed by atoms with van der Waals surface area (Å²) in [4.78, 5) is 29.5. The largest absolute Gasteiger partial charge is 0.501 e. The fourth-order valence-corrected chi connectivity index (χ4v) is 4.11. The lowest BCUT2D eigenvalue weighted by molar-refractivity contribution is -0.121. The summed E-state index contributed by atoms with van der Waals surface area (Å²) in [6, 6.07) is 4.44. The molecule has 1 aliphatic rings. The fraction of sp³-hybridized carbons (Fsp3) is 0.350. The van der Waals surface area contributed by atoms with Crippen molar-refractivity contribution in [3.05, 3.63) is 48.3 Å². The van der Waals surface area contributed by atoms with E-state index in [2.05, 4.69) is 15.6 Å². The number of hydrogen-bond acceptors (Lipinski definition) is 6. The van der Waals surface area contributed by atoms with Crippen LogP contribution in [0.4, 0.5) is 29.3 Å². The van der Waals surface area contributed by atoms with Crippen LogP contribution in [0.15, 0.2) is 47.6 Å². The molecule has 1 aliphatic heterocycles. The van der Waals surface area contributed by atoms with Crippen molar-refractivity contribution < 1.29 is 31.2 Å². The van der Waals surface area contributed by atoms with Crippen molar-refractivity contribution in [1.29, 1.82) is 0 Å². The van der Waals surface area contributed by atoms with Gasteiger partial charge in [-0.05, 0) is 56.7 Å². The SMILES string of the molecule is CC(C)Nc1cnccc1CC1(C)NC(=O)N(c2ccc(S(=O)(=O)C(F)(F)F)cc2)C1=O. The molecule has 2 N–H and O–H groups in total. The van der Waals surface area contributed by atoms with Crippen LogP contribution in [0.2, 0.25) is 0 Å². The number of sulfone groups is 1. The molecule has 0 radical (unpaired) electrons. The van der Waals surface area contributed by atoms with Crippen LogP contribution in [-0.2, 0) is 21.1 Å². The second-order valence-electron chi connectivity index (χ2n) is 7.85. The number of nitrogens with one attached hydrogen (secondary N) is 2. The van der Waals surface area contributed by atoms with Crippen molar-refractivity contribution in [1.82, 2.24) is 10.3 Å². The zero-order valence-corrected chi connectivity index (χ0v) is 18.2. The Morgan fingerprint density at radius 3 is 2.34 bits per heavy atom. The molecule has 1 aromatic heterocycles. The van der Waals surface area contributed by atoms with Gasteiger partial charge in [0, 0.05) is 18.7 Å². The van der Waals surface area contributed by atoms with E-state index >= 15 is 0 Å². The van der Waals surface area contributed by atoms with E-state index in [-0.39, 0.29) is 18.2 Å². The van der Waals surface area contributed by atoms with Crippen LogP contribution >= 0.6 is 0 Å². The summed E-state index contributed by atoms with van der Waals surface area (Å²) in [5, 5.41) is 5.83. The topological polar surface area (TPSA) is 108 Å². The van der Waals surface area contributed by atoms with Gasteiger partial charge in [0.25, 0.3) is 15.7 Å². The molecule has 0 saturated carbocycles. The Kier molecular flexibility index (Phi) is 5.94. The molecule has 12 heteroatoms. The highest BCUT2D eigenvalue weighted by molar-refractivity contribution is 7.92. The molecule has 32 heavy (non-hydrogen) atoms. The first-order valence-corrected chi connectivity index (χ1v) is 11.0. The number of anilines is 2. The van der Waals surface area contributed by atoms with Crippen LogP contribution in [0.3, 0.4) is 0 Å². The predicted octanol–water partition coefficient (Wildman–Crippen LogP) is 3.25. The number of urea groups is 1. The van der Waals surface area contributed by atoms with Crippen molar-refractivity contribution in [2.75, 3.05) is 10.2 Å². The van der Waals surface area contributed by atoms with E-state index in [0.29, 0.717) is 17.8 Å². The molecule has 1 saturated heterocycles. The molecule has 8 nitrogen and oxygen atoms in total. The van der Waals surface area contributed by atoms with Gasteiger partial charge in [-0.15, -0.1) is 0 Å². The van der Waals surface area contributed by atoms with E-state index in [1.807, 2.05) is 13.8 Å². The van der Waals surface area contributed by atoms with Crippen LogP contribution in [0.5, 0.6) is 0 Å². The number of alkyl halides is 3. The number of carbonyl (C=O) groups excluding carboxylic acids is 2. The van der Waals surface area contributed by atoms with Crippen molar-refractivity contribution in [3.8, 4) is 0 Å². The van der Waals surface area contributed by atoms with Gasteiger partial charge < -0.3 is 10.6 Å². The van der Waals surface area contributed by atoms with E-state index in [0.717, 1.165) is 22.6 Å². The van der Waals surface area contributed by atoms with Gasteiger partial charge in [0.1, 0.15) is 5.54 Å². The van der Waals surface area contributed by atoms with Gasteiger partial charge in [0.2, 0.25) is 0 Å².